The van der Waals surface area contributed by atoms with Crippen LogP contribution in [-0.4, -0.2) is 48.3 Å². The summed E-state index contributed by atoms with van der Waals surface area (Å²) in [5.41, 5.74) is -1.65. The molecule has 2 aromatic carbocycles. The summed E-state index contributed by atoms with van der Waals surface area (Å²) < 4.78 is 53.7. The Morgan fingerprint density at radius 1 is 1.13 bits per heavy atom. The van der Waals surface area contributed by atoms with E-state index in [1.54, 1.807) is 37.4 Å². The van der Waals surface area contributed by atoms with Gasteiger partial charge >= 0.3 is 6.18 Å². The first kappa shape index (κ1) is 23.4. The van der Waals surface area contributed by atoms with Crippen molar-refractivity contribution >= 4 is 5.78 Å². The van der Waals surface area contributed by atoms with Gasteiger partial charge in [0.15, 0.2) is 12.0 Å². The molecular formula is C23H26F4N2O2. The van der Waals surface area contributed by atoms with Crippen LogP contribution < -0.4 is 5.32 Å². The van der Waals surface area contributed by atoms with Crippen LogP contribution in [-0.2, 0) is 11.8 Å². The Kier molecular flexibility index (Phi) is 7.13. The number of nitrogens with zero attached hydrogens (tertiary/aromatic N) is 1. The second kappa shape index (κ2) is 9.46. The molecule has 2 unspecified atom stereocenters. The van der Waals surface area contributed by atoms with Crippen molar-refractivity contribution in [3.05, 3.63) is 71.3 Å². The number of hydrogen-bond acceptors (Lipinski definition) is 4. The van der Waals surface area contributed by atoms with Crippen LogP contribution >= 0.6 is 0 Å². The molecule has 0 radical (unpaired) electrons. The predicted octanol–water partition coefficient (Wildman–Crippen LogP) is 4.15. The summed E-state index contributed by atoms with van der Waals surface area (Å²) in [6.45, 7) is 0.703. The molecule has 2 N–H and O–H groups in total. The summed E-state index contributed by atoms with van der Waals surface area (Å²) in [5, 5.41) is 14.0. The van der Waals surface area contributed by atoms with E-state index in [0.717, 1.165) is 12.1 Å². The largest absolute Gasteiger partial charge is 0.416 e. The fraction of sp³-hybridized carbons (Fsp3) is 0.435. The first-order chi connectivity index (χ1) is 14.6. The molecular weight excluding hydrogens is 412 g/mol. The zero-order valence-electron chi connectivity index (χ0n) is 17.2. The van der Waals surface area contributed by atoms with Crippen LogP contribution in [0.15, 0.2) is 54.6 Å². The maximum Gasteiger partial charge on any atom is 0.416 e. The Hall–Kier alpha value is -2.29. The van der Waals surface area contributed by atoms with E-state index in [1.165, 1.54) is 12.1 Å². The lowest BCUT2D eigenvalue weighted by atomic mass is 9.83. The predicted molar refractivity (Wildman–Crippen MR) is 109 cm³/mol. The molecule has 0 spiro atoms. The minimum atomic E-state index is -4.48. The molecule has 1 heterocycles. The number of carbonyl (C=O) groups is 1. The second-order valence-corrected chi connectivity index (χ2v) is 7.88. The van der Waals surface area contributed by atoms with Crippen molar-refractivity contribution in [2.45, 2.75) is 43.4 Å². The van der Waals surface area contributed by atoms with Gasteiger partial charge in [0.05, 0.1) is 17.3 Å². The summed E-state index contributed by atoms with van der Waals surface area (Å²) in [6, 6.07) is 13.0. The Balaban J connectivity index is 1.64. The lowest BCUT2D eigenvalue weighted by Gasteiger charge is -2.42. The maximum absolute atomic E-state index is 14.7. The lowest BCUT2D eigenvalue weighted by molar-refractivity contribution is -0.137. The molecule has 0 aliphatic carbocycles. The fourth-order valence-corrected chi connectivity index (χ4v) is 4.02. The number of alkyl halides is 4. The monoisotopic (exact) mass is 438 g/mol. The molecule has 3 rings (SSSR count). The van der Waals surface area contributed by atoms with Crippen molar-refractivity contribution in [2.75, 3.05) is 20.1 Å². The molecule has 168 valence electrons. The molecule has 0 amide bonds. The average Bonchev–Trinajstić information content (AvgIpc) is 2.77. The molecule has 1 fully saturated rings. The summed E-state index contributed by atoms with van der Waals surface area (Å²) in [7, 11) is 1.66. The molecule has 31 heavy (non-hydrogen) atoms. The Bertz CT molecular complexity index is 881. The van der Waals surface area contributed by atoms with E-state index in [9.17, 15) is 27.5 Å². The maximum atomic E-state index is 14.7. The number of hydrogen-bond donors (Lipinski definition) is 2. The average molecular weight is 438 g/mol. The van der Waals surface area contributed by atoms with Gasteiger partial charge in [0.2, 0.25) is 0 Å². The van der Waals surface area contributed by atoms with Crippen molar-refractivity contribution < 1.29 is 27.5 Å². The highest BCUT2D eigenvalue weighted by molar-refractivity contribution is 5.99. The van der Waals surface area contributed by atoms with Crippen molar-refractivity contribution in [1.82, 2.24) is 10.2 Å². The van der Waals surface area contributed by atoms with Crippen molar-refractivity contribution in [3.8, 4) is 0 Å². The number of likely N-dealkylation sites (tertiary alicyclic amines) is 1. The molecule has 8 heteroatoms. The topological polar surface area (TPSA) is 52.6 Å². The van der Waals surface area contributed by atoms with Gasteiger partial charge in [-0.15, -0.1) is 0 Å². The lowest BCUT2D eigenvalue weighted by Crippen LogP contribution is -2.52. The standard InChI is InChI=1S/C23H26F4N2O2/c1-28-20(15-19(24)21(30)16-6-3-2-4-7-16)29-12-10-22(31,11-13-29)17-8-5-9-18(14-17)23(25,26)27/h2-9,14,19-20,28,31H,10-13,15H2,1H3. The van der Waals surface area contributed by atoms with E-state index in [0.29, 0.717) is 18.7 Å². The highest BCUT2D eigenvalue weighted by Gasteiger charge is 2.38. The van der Waals surface area contributed by atoms with Crippen LogP contribution in [0.1, 0.15) is 40.7 Å². The quantitative estimate of drug-likeness (QED) is 0.504. The first-order valence-electron chi connectivity index (χ1n) is 10.2. The number of aliphatic hydroxyl groups is 1. The number of nitrogens with one attached hydrogen (secondary N) is 1. The molecule has 0 saturated carbocycles. The number of piperidine rings is 1. The number of rotatable bonds is 7. The minimum absolute atomic E-state index is 0.0633. The molecule has 2 atom stereocenters. The summed E-state index contributed by atoms with van der Waals surface area (Å²) in [4.78, 5) is 14.2. The Morgan fingerprint density at radius 2 is 1.77 bits per heavy atom. The fourth-order valence-electron chi connectivity index (χ4n) is 4.02. The van der Waals surface area contributed by atoms with Crippen molar-refractivity contribution in [2.24, 2.45) is 0 Å². The normalized spacial score (nSPS) is 19.0. The third kappa shape index (κ3) is 5.50. The molecule has 0 aromatic heterocycles. The summed E-state index contributed by atoms with van der Waals surface area (Å²) >= 11 is 0. The number of benzene rings is 2. The zero-order valence-corrected chi connectivity index (χ0v) is 17.2. The number of carbonyl (C=O) groups excluding carboxylic acids is 1. The van der Waals surface area contributed by atoms with E-state index in [2.05, 4.69) is 5.32 Å². The molecule has 2 aromatic rings. The van der Waals surface area contributed by atoms with E-state index >= 15 is 0 Å². The SMILES string of the molecule is CNC(CC(F)C(=O)c1ccccc1)N1CCC(O)(c2cccc(C(F)(F)F)c2)CC1. The molecule has 4 nitrogen and oxygen atoms in total. The number of Topliss-reactive ketones (excluding diaryl/α,β-unsaturated/α-hetero) is 1. The zero-order chi connectivity index (χ0) is 22.6. The van der Waals surface area contributed by atoms with Gasteiger partial charge in [-0.2, -0.15) is 13.2 Å². The number of ketones is 1. The smallest absolute Gasteiger partial charge is 0.385 e. The Labute approximate surface area is 178 Å². The third-order valence-corrected chi connectivity index (χ3v) is 5.90. The minimum Gasteiger partial charge on any atom is -0.385 e. The van der Waals surface area contributed by atoms with E-state index in [-0.39, 0.29) is 24.8 Å². The van der Waals surface area contributed by atoms with Crippen LogP contribution in [0.2, 0.25) is 0 Å². The Morgan fingerprint density at radius 3 is 2.35 bits per heavy atom. The summed E-state index contributed by atoms with van der Waals surface area (Å²) in [5.74, 6) is -0.585. The molecule has 0 bridgehead atoms. The van der Waals surface area contributed by atoms with Gasteiger partial charge in [0.25, 0.3) is 0 Å². The molecule has 1 aliphatic rings. The molecule has 1 saturated heterocycles. The van der Waals surface area contributed by atoms with Crippen molar-refractivity contribution in [1.29, 1.82) is 0 Å². The second-order valence-electron chi connectivity index (χ2n) is 7.88. The van der Waals surface area contributed by atoms with E-state index < -0.39 is 35.5 Å². The van der Waals surface area contributed by atoms with Crippen LogP contribution in [0.4, 0.5) is 17.6 Å². The third-order valence-electron chi connectivity index (χ3n) is 5.90. The molecule has 1 aliphatic heterocycles. The van der Waals surface area contributed by atoms with Crippen molar-refractivity contribution in [3.63, 3.8) is 0 Å². The van der Waals surface area contributed by atoms with Crippen LogP contribution in [0.25, 0.3) is 0 Å². The van der Waals surface area contributed by atoms with Gasteiger partial charge in [-0.25, -0.2) is 4.39 Å². The van der Waals surface area contributed by atoms with Gasteiger partial charge in [-0.1, -0.05) is 42.5 Å². The van der Waals surface area contributed by atoms with Gasteiger partial charge in [0, 0.05) is 25.1 Å². The van der Waals surface area contributed by atoms with Crippen LogP contribution in [0, 0.1) is 0 Å². The summed E-state index contributed by atoms with van der Waals surface area (Å²) in [6.07, 6.45) is -6.26. The van der Waals surface area contributed by atoms with E-state index in [4.69, 9.17) is 0 Å². The van der Waals surface area contributed by atoms with Gasteiger partial charge in [-0.05, 0) is 37.6 Å². The van der Waals surface area contributed by atoms with Gasteiger partial charge in [0.1, 0.15) is 0 Å². The highest BCUT2D eigenvalue weighted by Crippen LogP contribution is 2.37. The van der Waals surface area contributed by atoms with Crippen LogP contribution in [0.5, 0.6) is 0 Å². The number of halogens is 4. The highest BCUT2D eigenvalue weighted by atomic mass is 19.4. The van der Waals surface area contributed by atoms with Crippen LogP contribution in [0.3, 0.4) is 0 Å². The van der Waals surface area contributed by atoms with Gasteiger partial charge < -0.3 is 10.4 Å². The first-order valence-corrected chi connectivity index (χ1v) is 10.2. The van der Waals surface area contributed by atoms with Gasteiger partial charge in [-0.3, -0.25) is 9.69 Å². The van der Waals surface area contributed by atoms with E-state index in [1.807, 2.05) is 4.90 Å².